The third kappa shape index (κ3) is 3.84. The average molecular weight is 237 g/mol. The number of aryl methyl sites for hydroxylation is 1. The van der Waals surface area contributed by atoms with Gasteiger partial charge < -0.3 is 5.32 Å². The first-order valence-electron chi connectivity index (χ1n) is 6.15. The van der Waals surface area contributed by atoms with Crippen LogP contribution in [-0.2, 0) is 0 Å². The molecule has 1 aromatic carbocycles. The van der Waals surface area contributed by atoms with Crippen molar-refractivity contribution in [1.29, 1.82) is 0 Å². The summed E-state index contributed by atoms with van der Waals surface area (Å²) in [7, 11) is 0. The van der Waals surface area contributed by atoms with E-state index in [1.165, 1.54) is 6.07 Å². The number of halogens is 1. The maximum Gasteiger partial charge on any atom is 0.254 e. The molecule has 3 heteroatoms. The number of hydrogen-bond acceptors (Lipinski definition) is 1. The van der Waals surface area contributed by atoms with Gasteiger partial charge in [-0.15, -0.1) is 0 Å². The summed E-state index contributed by atoms with van der Waals surface area (Å²) in [5.74, 6) is -0.767. The first-order valence-corrected chi connectivity index (χ1v) is 6.15. The highest BCUT2D eigenvalue weighted by atomic mass is 19.1. The molecule has 0 fully saturated rings. The largest absolute Gasteiger partial charge is 0.349 e. The van der Waals surface area contributed by atoms with Crippen molar-refractivity contribution in [3.63, 3.8) is 0 Å². The van der Waals surface area contributed by atoms with Gasteiger partial charge in [0.05, 0.1) is 5.56 Å². The Morgan fingerprint density at radius 1 is 1.41 bits per heavy atom. The highest BCUT2D eigenvalue weighted by Gasteiger charge is 2.14. The predicted molar refractivity (Wildman–Crippen MR) is 67.6 cm³/mol. The van der Waals surface area contributed by atoms with Crippen molar-refractivity contribution in [2.24, 2.45) is 0 Å². The standard InChI is InChI=1S/C14H20FNO/c1-4-6-11(5-2)16-14(17)12-8-7-10(3)9-13(12)15/h7-9,11H,4-6H2,1-3H3,(H,16,17). The molecule has 2 nitrogen and oxygen atoms in total. The Balaban J connectivity index is 2.75. The van der Waals surface area contributed by atoms with Crippen molar-refractivity contribution in [3.8, 4) is 0 Å². The molecular weight excluding hydrogens is 217 g/mol. The number of hydrogen-bond donors (Lipinski definition) is 1. The second-order valence-corrected chi connectivity index (χ2v) is 4.35. The van der Waals surface area contributed by atoms with Crippen LogP contribution < -0.4 is 5.32 Å². The van der Waals surface area contributed by atoms with E-state index < -0.39 is 5.82 Å². The lowest BCUT2D eigenvalue weighted by molar-refractivity contribution is 0.0929. The molecule has 0 saturated heterocycles. The molecule has 1 unspecified atom stereocenters. The number of rotatable bonds is 5. The molecule has 0 aliphatic rings. The first-order chi connectivity index (χ1) is 8.08. The minimum atomic E-state index is -0.450. The van der Waals surface area contributed by atoms with Crippen molar-refractivity contribution < 1.29 is 9.18 Å². The zero-order valence-electron chi connectivity index (χ0n) is 10.7. The summed E-state index contributed by atoms with van der Waals surface area (Å²) in [6, 6.07) is 4.81. The molecule has 0 heterocycles. The van der Waals surface area contributed by atoms with Crippen LogP contribution in [0, 0.1) is 12.7 Å². The molecule has 94 valence electrons. The van der Waals surface area contributed by atoms with E-state index in [0.29, 0.717) is 0 Å². The molecule has 17 heavy (non-hydrogen) atoms. The topological polar surface area (TPSA) is 29.1 Å². The summed E-state index contributed by atoms with van der Waals surface area (Å²) >= 11 is 0. The zero-order chi connectivity index (χ0) is 12.8. The summed E-state index contributed by atoms with van der Waals surface area (Å²) in [6.45, 7) is 5.89. The molecule has 0 saturated carbocycles. The molecule has 0 radical (unpaired) electrons. The quantitative estimate of drug-likeness (QED) is 0.835. The normalized spacial score (nSPS) is 12.2. The van der Waals surface area contributed by atoms with Crippen LogP contribution in [0.1, 0.15) is 49.0 Å². The van der Waals surface area contributed by atoms with E-state index in [0.717, 1.165) is 24.8 Å². The van der Waals surface area contributed by atoms with Crippen molar-refractivity contribution in [1.82, 2.24) is 5.32 Å². The summed E-state index contributed by atoms with van der Waals surface area (Å²) < 4.78 is 13.6. The van der Waals surface area contributed by atoms with Gasteiger partial charge in [0.25, 0.3) is 5.91 Å². The Bertz CT molecular complexity index is 390. The van der Waals surface area contributed by atoms with Crippen molar-refractivity contribution in [3.05, 3.63) is 35.1 Å². The van der Waals surface area contributed by atoms with Gasteiger partial charge in [-0.05, 0) is 37.5 Å². The van der Waals surface area contributed by atoms with E-state index in [-0.39, 0.29) is 17.5 Å². The predicted octanol–water partition coefficient (Wildman–Crippen LogP) is 3.44. The van der Waals surface area contributed by atoms with E-state index >= 15 is 0 Å². The monoisotopic (exact) mass is 237 g/mol. The molecule has 1 N–H and O–H groups in total. The second kappa shape index (κ2) is 6.38. The fourth-order valence-electron chi connectivity index (χ4n) is 1.79. The van der Waals surface area contributed by atoms with Crippen LogP contribution in [-0.4, -0.2) is 11.9 Å². The van der Waals surface area contributed by atoms with E-state index in [1.54, 1.807) is 19.1 Å². The van der Waals surface area contributed by atoms with Crippen LogP contribution >= 0.6 is 0 Å². The summed E-state index contributed by atoms with van der Waals surface area (Å²) in [4.78, 5) is 11.9. The SMILES string of the molecule is CCCC(CC)NC(=O)c1ccc(C)cc1F. The zero-order valence-corrected chi connectivity index (χ0v) is 10.7. The van der Waals surface area contributed by atoms with Gasteiger partial charge in [0.15, 0.2) is 0 Å². The molecule has 0 spiro atoms. The summed E-state index contributed by atoms with van der Waals surface area (Å²) in [5.41, 5.74) is 0.949. The lowest BCUT2D eigenvalue weighted by Gasteiger charge is -2.16. The molecule has 0 aromatic heterocycles. The first kappa shape index (κ1) is 13.7. The summed E-state index contributed by atoms with van der Waals surface area (Å²) in [6.07, 6.45) is 2.80. The van der Waals surface area contributed by atoms with E-state index in [9.17, 15) is 9.18 Å². The lowest BCUT2D eigenvalue weighted by atomic mass is 10.1. The van der Waals surface area contributed by atoms with E-state index in [1.807, 2.05) is 6.92 Å². The van der Waals surface area contributed by atoms with Gasteiger partial charge >= 0.3 is 0 Å². The average Bonchev–Trinajstić information content (AvgIpc) is 2.28. The van der Waals surface area contributed by atoms with Crippen molar-refractivity contribution >= 4 is 5.91 Å². The summed E-state index contributed by atoms with van der Waals surface area (Å²) in [5, 5.41) is 2.87. The van der Waals surface area contributed by atoms with Gasteiger partial charge in [-0.1, -0.05) is 26.3 Å². The van der Waals surface area contributed by atoms with Gasteiger partial charge in [-0.2, -0.15) is 0 Å². The molecular formula is C14H20FNO. The minimum absolute atomic E-state index is 0.130. The maximum atomic E-state index is 13.6. The molecule has 1 amide bonds. The van der Waals surface area contributed by atoms with Crippen LogP contribution in [0.2, 0.25) is 0 Å². The Labute approximate surface area is 102 Å². The van der Waals surface area contributed by atoms with Crippen LogP contribution in [0.4, 0.5) is 4.39 Å². The second-order valence-electron chi connectivity index (χ2n) is 4.35. The smallest absolute Gasteiger partial charge is 0.254 e. The van der Waals surface area contributed by atoms with E-state index in [2.05, 4.69) is 12.2 Å². The van der Waals surface area contributed by atoms with Crippen molar-refractivity contribution in [2.75, 3.05) is 0 Å². The Morgan fingerprint density at radius 3 is 2.65 bits per heavy atom. The van der Waals surface area contributed by atoms with Gasteiger partial charge in [0.2, 0.25) is 0 Å². The molecule has 0 aliphatic carbocycles. The third-order valence-corrected chi connectivity index (χ3v) is 2.83. The fourth-order valence-corrected chi connectivity index (χ4v) is 1.79. The van der Waals surface area contributed by atoms with E-state index in [4.69, 9.17) is 0 Å². The number of benzene rings is 1. The van der Waals surface area contributed by atoms with Crippen LogP contribution in [0.25, 0.3) is 0 Å². The number of nitrogens with one attached hydrogen (secondary N) is 1. The molecule has 1 rings (SSSR count). The Kier molecular flexibility index (Phi) is 5.13. The van der Waals surface area contributed by atoms with Gasteiger partial charge in [-0.3, -0.25) is 4.79 Å². The third-order valence-electron chi connectivity index (χ3n) is 2.83. The Morgan fingerprint density at radius 2 is 2.12 bits per heavy atom. The van der Waals surface area contributed by atoms with Crippen LogP contribution in [0.5, 0.6) is 0 Å². The minimum Gasteiger partial charge on any atom is -0.349 e. The van der Waals surface area contributed by atoms with Gasteiger partial charge in [0.1, 0.15) is 5.82 Å². The fraction of sp³-hybridized carbons (Fsp3) is 0.500. The van der Waals surface area contributed by atoms with Gasteiger partial charge in [0, 0.05) is 6.04 Å². The number of amides is 1. The Hall–Kier alpha value is -1.38. The molecule has 1 aromatic rings. The van der Waals surface area contributed by atoms with Gasteiger partial charge in [-0.25, -0.2) is 4.39 Å². The highest BCUT2D eigenvalue weighted by Crippen LogP contribution is 2.11. The molecule has 1 atom stereocenters. The molecule has 0 bridgehead atoms. The number of carbonyl (C=O) groups is 1. The van der Waals surface area contributed by atoms with Crippen LogP contribution in [0.3, 0.4) is 0 Å². The highest BCUT2D eigenvalue weighted by molar-refractivity contribution is 5.94. The molecule has 0 aliphatic heterocycles. The lowest BCUT2D eigenvalue weighted by Crippen LogP contribution is -2.34. The van der Waals surface area contributed by atoms with Crippen molar-refractivity contribution in [2.45, 2.75) is 46.1 Å². The maximum absolute atomic E-state index is 13.6. The van der Waals surface area contributed by atoms with Crippen LogP contribution in [0.15, 0.2) is 18.2 Å². The number of carbonyl (C=O) groups excluding carboxylic acids is 1.